The van der Waals surface area contributed by atoms with Gasteiger partial charge in [-0.15, -0.1) is 0 Å². The molecule has 0 N–H and O–H groups in total. The van der Waals surface area contributed by atoms with Gasteiger partial charge in [-0.3, -0.25) is 0 Å². The molecule has 0 radical (unpaired) electrons. The summed E-state index contributed by atoms with van der Waals surface area (Å²) in [5, 5.41) is 10.5. The van der Waals surface area contributed by atoms with Gasteiger partial charge in [0.2, 0.25) is 0 Å². The topological polar surface area (TPSA) is 41.6 Å². The predicted octanol–water partition coefficient (Wildman–Crippen LogP) is 5.86. The van der Waals surface area contributed by atoms with Crippen LogP contribution in [0.4, 0.5) is 0 Å². The van der Waals surface area contributed by atoms with E-state index in [1.54, 1.807) is 0 Å². The Morgan fingerprint density at radius 2 is 1.61 bits per heavy atom. The van der Waals surface area contributed by atoms with E-state index in [0.29, 0.717) is 12.0 Å². The number of nitriles is 1. The SMILES string of the molecule is CC(C)c1nccn1[C@H]1CC[C@@H](C(C#N)(c2ccccc2)c2ccccc2)C1. The molecule has 0 aliphatic heterocycles. The predicted molar refractivity (Wildman–Crippen MR) is 112 cm³/mol. The van der Waals surface area contributed by atoms with Gasteiger partial charge in [-0.2, -0.15) is 5.26 Å². The molecule has 28 heavy (non-hydrogen) atoms. The first kappa shape index (κ1) is 18.5. The zero-order chi connectivity index (χ0) is 19.6. The molecule has 0 saturated heterocycles. The molecular formula is C25H27N3. The summed E-state index contributed by atoms with van der Waals surface area (Å²) in [7, 11) is 0. The molecule has 142 valence electrons. The maximum atomic E-state index is 10.5. The molecule has 2 aromatic carbocycles. The van der Waals surface area contributed by atoms with E-state index in [1.807, 2.05) is 42.6 Å². The number of imidazole rings is 1. The number of aromatic nitrogens is 2. The summed E-state index contributed by atoms with van der Waals surface area (Å²) < 4.78 is 2.35. The van der Waals surface area contributed by atoms with Crippen molar-refractivity contribution in [2.24, 2.45) is 5.92 Å². The molecule has 0 spiro atoms. The number of rotatable bonds is 5. The Morgan fingerprint density at radius 1 is 1.00 bits per heavy atom. The van der Waals surface area contributed by atoms with Gasteiger partial charge in [0.15, 0.2) is 0 Å². The maximum Gasteiger partial charge on any atom is 0.111 e. The summed E-state index contributed by atoms with van der Waals surface area (Å²) in [4.78, 5) is 4.58. The van der Waals surface area contributed by atoms with Crippen molar-refractivity contribution >= 4 is 0 Å². The second-order valence-electron chi connectivity index (χ2n) is 8.16. The van der Waals surface area contributed by atoms with Crippen LogP contribution in [0, 0.1) is 17.2 Å². The van der Waals surface area contributed by atoms with E-state index in [0.717, 1.165) is 36.2 Å². The molecule has 4 rings (SSSR count). The molecule has 2 atom stereocenters. The highest BCUT2D eigenvalue weighted by Gasteiger charge is 2.46. The lowest BCUT2D eigenvalue weighted by molar-refractivity contribution is 0.378. The van der Waals surface area contributed by atoms with Crippen molar-refractivity contribution in [2.45, 2.75) is 50.5 Å². The van der Waals surface area contributed by atoms with Crippen LogP contribution in [0.15, 0.2) is 73.1 Å². The van der Waals surface area contributed by atoms with Crippen LogP contribution in [-0.4, -0.2) is 9.55 Å². The highest BCUT2D eigenvalue weighted by atomic mass is 15.1. The quantitative estimate of drug-likeness (QED) is 0.565. The Bertz CT molecular complexity index is 911. The first-order chi connectivity index (χ1) is 13.7. The van der Waals surface area contributed by atoms with Crippen LogP contribution >= 0.6 is 0 Å². The molecule has 3 heteroatoms. The molecule has 1 aliphatic rings. The zero-order valence-electron chi connectivity index (χ0n) is 16.6. The van der Waals surface area contributed by atoms with Gasteiger partial charge < -0.3 is 4.57 Å². The molecule has 0 amide bonds. The molecular weight excluding hydrogens is 342 g/mol. The van der Waals surface area contributed by atoms with Gasteiger partial charge >= 0.3 is 0 Å². The van der Waals surface area contributed by atoms with Crippen LogP contribution in [-0.2, 0) is 5.41 Å². The third kappa shape index (κ3) is 3.03. The van der Waals surface area contributed by atoms with Crippen LogP contribution in [0.3, 0.4) is 0 Å². The van der Waals surface area contributed by atoms with Crippen molar-refractivity contribution in [3.8, 4) is 6.07 Å². The van der Waals surface area contributed by atoms with Gasteiger partial charge in [0.1, 0.15) is 11.2 Å². The smallest absolute Gasteiger partial charge is 0.111 e. The average Bonchev–Trinajstić information content (AvgIpc) is 3.41. The molecule has 0 bridgehead atoms. The van der Waals surface area contributed by atoms with Crippen LogP contribution in [0.25, 0.3) is 0 Å². The average molecular weight is 370 g/mol. The second-order valence-corrected chi connectivity index (χ2v) is 8.16. The maximum absolute atomic E-state index is 10.5. The Hall–Kier alpha value is -2.86. The summed E-state index contributed by atoms with van der Waals surface area (Å²) in [5.74, 6) is 1.82. The minimum Gasteiger partial charge on any atom is -0.332 e. The zero-order valence-corrected chi connectivity index (χ0v) is 16.6. The summed E-state index contributed by atoms with van der Waals surface area (Å²) in [5.41, 5.74) is 1.59. The van der Waals surface area contributed by atoms with Crippen molar-refractivity contribution in [3.63, 3.8) is 0 Å². The fourth-order valence-electron chi connectivity index (χ4n) is 4.94. The van der Waals surface area contributed by atoms with Crippen molar-refractivity contribution in [2.75, 3.05) is 0 Å². The Labute approximate surface area is 167 Å². The van der Waals surface area contributed by atoms with Crippen molar-refractivity contribution in [1.29, 1.82) is 5.26 Å². The van der Waals surface area contributed by atoms with Gasteiger partial charge in [-0.05, 0) is 36.3 Å². The largest absolute Gasteiger partial charge is 0.332 e. The Balaban J connectivity index is 1.75. The Kier molecular flexibility index (Phi) is 5.05. The fourth-order valence-corrected chi connectivity index (χ4v) is 4.94. The highest BCUT2D eigenvalue weighted by molar-refractivity contribution is 5.47. The molecule has 1 aromatic heterocycles. The van der Waals surface area contributed by atoms with E-state index in [2.05, 4.69) is 59.9 Å². The van der Waals surface area contributed by atoms with Gasteiger partial charge in [0, 0.05) is 24.4 Å². The third-order valence-electron chi connectivity index (χ3n) is 6.26. The highest BCUT2D eigenvalue weighted by Crippen LogP contribution is 2.49. The lowest BCUT2D eigenvalue weighted by atomic mass is 9.66. The van der Waals surface area contributed by atoms with Crippen LogP contribution in [0.1, 0.15) is 62.0 Å². The Morgan fingerprint density at radius 3 is 2.14 bits per heavy atom. The van der Waals surface area contributed by atoms with Crippen LogP contribution < -0.4 is 0 Å². The number of hydrogen-bond acceptors (Lipinski definition) is 2. The summed E-state index contributed by atoms with van der Waals surface area (Å²) >= 11 is 0. The van der Waals surface area contributed by atoms with Crippen LogP contribution in [0.2, 0.25) is 0 Å². The van der Waals surface area contributed by atoms with Gasteiger partial charge in [-0.25, -0.2) is 4.98 Å². The van der Waals surface area contributed by atoms with Gasteiger partial charge in [0.25, 0.3) is 0 Å². The monoisotopic (exact) mass is 369 g/mol. The normalized spacial score (nSPS) is 19.6. The summed E-state index contributed by atoms with van der Waals surface area (Å²) in [6.07, 6.45) is 7.14. The molecule has 1 aliphatic carbocycles. The fraction of sp³-hybridized carbons (Fsp3) is 0.360. The molecule has 1 saturated carbocycles. The van der Waals surface area contributed by atoms with Gasteiger partial charge in [0.05, 0.1) is 6.07 Å². The lowest BCUT2D eigenvalue weighted by Crippen LogP contribution is -2.34. The van der Waals surface area contributed by atoms with E-state index >= 15 is 0 Å². The van der Waals surface area contributed by atoms with E-state index < -0.39 is 5.41 Å². The van der Waals surface area contributed by atoms with E-state index in [1.165, 1.54) is 0 Å². The van der Waals surface area contributed by atoms with E-state index in [4.69, 9.17) is 0 Å². The third-order valence-corrected chi connectivity index (χ3v) is 6.26. The standard InChI is InChI=1S/C25H27N3/c1-19(2)24-27-15-16-28(24)23-14-13-22(17-23)25(18-26,20-9-5-3-6-10-20)21-11-7-4-8-12-21/h3-12,15-16,19,22-23H,13-14,17H2,1-2H3/t22-,23+/m1/s1. The molecule has 3 nitrogen and oxygen atoms in total. The second kappa shape index (κ2) is 7.64. The van der Waals surface area contributed by atoms with Crippen molar-refractivity contribution < 1.29 is 0 Å². The van der Waals surface area contributed by atoms with Gasteiger partial charge in [-0.1, -0.05) is 74.5 Å². The minimum atomic E-state index is -0.615. The summed E-state index contributed by atoms with van der Waals surface area (Å²) in [6, 6.07) is 23.8. The first-order valence-electron chi connectivity index (χ1n) is 10.2. The molecule has 1 heterocycles. The lowest BCUT2D eigenvalue weighted by Gasteiger charge is -2.34. The first-order valence-corrected chi connectivity index (χ1v) is 10.2. The molecule has 0 unspecified atom stereocenters. The summed E-state index contributed by atoms with van der Waals surface area (Å²) in [6.45, 7) is 4.39. The minimum absolute atomic E-state index is 0.273. The number of nitrogens with zero attached hydrogens (tertiary/aromatic N) is 3. The molecule has 3 aromatic rings. The van der Waals surface area contributed by atoms with E-state index in [9.17, 15) is 5.26 Å². The van der Waals surface area contributed by atoms with Crippen LogP contribution in [0.5, 0.6) is 0 Å². The molecule has 1 fully saturated rings. The van der Waals surface area contributed by atoms with Crippen molar-refractivity contribution in [3.05, 3.63) is 90.0 Å². The number of benzene rings is 2. The number of hydrogen-bond donors (Lipinski definition) is 0. The van der Waals surface area contributed by atoms with E-state index in [-0.39, 0.29) is 5.92 Å². The van der Waals surface area contributed by atoms with Crippen molar-refractivity contribution in [1.82, 2.24) is 9.55 Å².